The van der Waals surface area contributed by atoms with Crippen LogP contribution in [0.1, 0.15) is 74.8 Å². The van der Waals surface area contributed by atoms with Gasteiger partial charge in [-0.05, 0) is 60.5 Å². The third-order valence-corrected chi connectivity index (χ3v) is 8.55. The van der Waals surface area contributed by atoms with Crippen LogP contribution in [0.15, 0.2) is 77.6 Å². The number of fused-ring (bicyclic) bond motifs is 1. The fourth-order valence-electron chi connectivity index (χ4n) is 7.21. The van der Waals surface area contributed by atoms with Crippen LogP contribution in [0.2, 0.25) is 0 Å². The van der Waals surface area contributed by atoms with E-state index in [0.717, 1.165) is 6.42 Å². The normalized spacial score (nSPS) is 31.8. The molecule has 2 heterocycles. The fraction of sp³-hybridized carbons (Fsp3) is 0.467. The van der Waals surface area contributed by atoms with E-state index in [4.69, 9.17) is 4.74 Å². The number of quaternary nitrogens is 1. The zero-order chi connectivity index (χ0) is 21.4. The van der Waals surface area contributed by atoms with Gasteiger partial charge in [0.25, 0.3) is 0 Å². The second-order valence-corrected chi connectivity index (χ2v) is 10.3. The lowest BCUT2D eigenvalue weighted by Crippen LogP contribution is -3.20. The Morgan fingerprint density at radius 2 is 1.56 bits per heavy atom. The highest BCUT2D eigenvalue weighted by molar-refractivity contribution is 5.60. The quantitative estimate of drug-likeness (QED) is 0.646. The molecule has 4 aliphatic rings. The van der Waals surface area contributed by atoms with Gasteiger partial charge in [-0.3, -0.25) is 4.90 Å². The highest BCUT2D eigenvalue weighted by Crippen LogP contribution is 2.54. The fourth-order valence-corrected chi connectivity index (χ4v) is 7.21. The van der Waals surface area contributed by atoms with Crippen LogP contribution in [0.5, 0.6) is 0 Å². The van der Waals surface area contributed by atoms with Gasteiger partial charge in [-0.2, -0.15) is 0 Å². The van der Waals surface area contributed by atoms with E-state index in [9.17, 15) is 0 Å². The van der Waals surface area contributed by atoms with Gasteiger partial charge in [0.1, 0.15) is 5.76 Å². The molecule has 166 valence electrons. The summed E-state index contributed by atoms with van der Waals surface area (Å²) in [6, 6.07) is 22.3. The summed E-state index contributed by atoms with van der Waals surface area (Å²) in [5.74, 6) is 2.38. The second-order valence-electron chi connectivity index (χ2n) is 10.3. The Hall–Kier alpha value is -2.32. The first-order valence-corrected chi connectivity index (χ1v) is 12.9. The van der Waals surface area contributed by atoms with Crippen LogP contribution in [-0.4, -0.2) is 18.8 Å². The average molecular weight is 427 g/mol. The summed E-state index contributed by atoms with van der Waals surface area (Å²) in [6.45, 7) is 2.55. The maximum atomic E-state index is 7.38. The van der Waals surface area contributed by atoms with E-state index >= 15 is 0 Å². The molecule has 6 rings (SSSR count). The van der Waals surface area contributed by atoms with Gasteiger partial charge in [-0.25, -0.2) is 0 Å². The summed E-state index contributed by atoms with van der Waals surface area (Å²) in [5, 5.41) is 0. The monoisotopic (exact) mass is 426 g/mol. The molecule has 2 aliphatic carbocycles. The lowest BCUT2D eigenvalue weighted by Gasteiger charge is -2.54. The van der Waals surface area contributed by atoms with E-state index in [1.54, 1.807) is 10.5 Å². The van der Waals surface area contributed by atoms with E-state index in [1.165, 1.54) is 86.9 Å². The van der Waals surface area contributed by atoms with Crippen molar-refractivity contribution in [2.24, 2.45) is 5.92 Å². The van der Waals surface area contributed by atoms with Crippen LogP contribution in [0.3, 0.4) is 0 Å². The van der Waals surface area contributed by atoms with Gasteiger partial charge in [0.2, 0.25) is 5.72 Å². The Morgan fingerprint density at radius 1 is 0.812 bits per heavy atom. The number of ether oxygens (including phenoxy) is 1. The van der Waals surface area contributed by atoms with Crippen LogP contribution in [0.25, 0.3) is 6.08 Å². The molecule has 2 aliphatic heterocycles. The van der Waals surface area contributed by atoms with E-state index in [-0.39, 0.29) is 5.72 Å². The smallest absolute Gasteiger partial charge is 0.245 e. The lowest BCUT2D eigenvalue weighted by atomic mass is 9.64. The van der Waals surface area contributed by atoms with Gasteiger partial charge in [0, 0.05) is 25.2 Å². The first-order chi connectivity index (χ1) is 15.9. The zero-order valence-electron chi connectivity index (χ0n) is 19.2. The Balaban J connectivity index is 1.52. The van der Waals surface area contributed by atoms with Crippen molar-refractivity contribution in [1.82, 2.24) is 0 Å². The Kier molecular flexibility index (Phi) is 5.43. The summed E-state index contributed by atoms with van der Waals surface area (Å²) in [6.07, 6.45) is 13.8. The average Bonchev–Trinajstić information content (AvgIpc) is 3.40. The molecule has 1 N–H and O–H groups in total. The summed E-state index contributed by atoms with van der Waals surface area (Å²) in [4.78, 5) is 1.74. The van der Waals surface area contributed by atoms with Crippen LogP contribution >= 0.6 is 0 Å². The minimum Gasteiger partial charge on any atom is -0.440 e. The summed E-state index contributed by atoms with van der Waals surface area (Å²) in [7, 11) is 0. The van der Waals surface area contributed by atoms with Crippen molar-refractivity contribution < 1.29 is 9.64 Å². The molecule has 2 heteroatoms. The van der Waals surface area contributed by atoms with Crippen LogP contribution in [-0.2, 0) is 4.74 Å². The van der Waals surface area contributed by atoms with Crippen molar-refractivity contribution in [1.29, 1.82) is 0 Å². The number of likely N-dealkylation sites (tertiary alicyclic amines) is 1. The molecule has 1 saturated heterocycles. The van der Waals surface area contributed by atoms with Gasteiger partial charge in [-0.15, -0.1) is 0 Å². The number of rotatable bonds is 3. The molecular weight excluding hydrogens is 390 g/mol. The van der Waals surface area contributed by atoms with Crippen LogP contribution in [0.4, 0.5) is 0 Å². The molecule has 0 radical (unpaired) electrons. The SMILES string of the molecule is C(=C1/CCCC2=C1O[C@@]1([NH+]3CCCC3)CCCC[C@@H]1[C@@H]2c1ccccc1)/c1ccccc1. The molecule has 1 saturated carbocycles. The number of benzene rings is 2. The highest BCUT2D eigenvalue weighted by Gasteiger charge is 2.59. The third kappa shape index (κ3) is 3.44. The van der Waals surface area contributed by atoms with Crippen molar-refractivity contribution in [2.45, 2.75) is 69.4 Å². The molecule has 2 aromatic rings. The Labute approximate surface area is 193 Å². The molecule has 0 spiro atoms. The molecule has 0 aromatic heterocycles. The van der Waals surface area contributed by atoms with E-state index < -0.39 is 0 Å². The van der Waals surface area contributed by atoms with Crippen LogP contribution in [0, 0.1) is 5.92 Å². The minimum atomic E-state index is -0.0405. The Morgan fingerprint density at radius 3 is 2.34 bits per heavy atom. The molecule has 2 aromatic carbocycles. The van der Waals surface area contributed by atoms with Gasteiger partial charge in [-0.1, -0.05) is 67.1 Å². The van der Waals surface area contributed by atoms with Gasteiger partial charge < -0.3 is 4.74 Å². The largest absolute Gasteiger partial charge is 0.440 e. The maximum Gasteiger partial charge on any atom is 0.245 e. The molecule has 0 amide bonds. The number of hydrogen-bond acceptors (Lipinski definition) is 1. The molecule has 3 atom stereocenters. The number of hydrogen-bond donors (Lipinski definition) is 1. The molecule has 2 fully saturated rings. The molecule has 0 unspecified atom stereocenters. The van der Waals surface area contributed by atoms with Crippen LogP contribution < -0.4 is 4.90 Å². The molecular formula is C30H36NO+. The second kappa shape index (κ2) is 8.56. The van der Waals surface area contributed by atoms with Crippen molar-refractivity contribution in [2.75, 3.05) is 13.1 Å². The van der Waals surface area contributed by atoms with Crippen molar-refractivity contribution in [3.05, 3.63) is 88.7 Å². The van der Waals surface area contributed by atoms with Crippen molar-refractivity contribution >= 4 is 6.08 Å². The van der Waals surface area contributed by atoms with E-state index in [0.29, 0.717) is 11.8 Å². The highest BCUT2D eigenvalue weighted by atomic mass is 16.5. The van der Waals surface area contributed by atoms with Crippen molar-refractivity contribution in [3.63, 3.8) is 0 Å². The number of allylic oxidation sites excluding steroid dienone is 2. The first kappa shape index (κ1) is 20.3. The topological polar surface area (TPSA) is 13.7 Å². The van der Waals surface area contributed by atoms with E-state index in [2.05, 4.69) is 66.7 Å². The summed E-state index contributed by atoms with van der Waals surface area (Å²) >= 11 is 0. The van der Waals surface area contributed by atoms with Gasteiger partial charge in [0.15, 0.2) is 0 Å². The van der Waals surface area contributed by atoms with Gasteiger partial charge >= 0.3 is 0 Å². The third-order valence-electron chi connectivity index (χ3n) is 8.55. The molecule has 32 heavy (non-hydrogen) atoms. The predicted octanol–water partition coefficient (Wildman–Crippen LogP) is 5.89. The van der Waals surface area contributed by atoms with E-state index in [1.807, 2.05) is 0 Å². The maximum absolute atomic E-state index is 7.38. The Bertz CT molecular complexity index is 1000. The molecule has 0 bridgehead atoms. The lowest BCUT2D eigenvalue weighted by molar-refractivity contribution is -0.975. The van der Waals surface area contributed by atoms with Gasteiger partial charge in [0.05, 0.1) is 19.0 Å². The summed E-state index contributed by atoms with van der Waals surface area (Å²) < 4.78 is 7.38. The molecule has 2 nitrogen and oxygen atoms in total. The zero-order valence-corrected chi connectivity index (χ0v) is 19.2. The minimum absolute atomic E-state index is 0.0405. The van der Waals surface area contributed by atoms with Crippen molar-refractivity contribution in [3.8, 4) is 0 Å². The standard InChI is InChI=1S/C30H35NO/c1-3-12-23(13-4-1)22-25-16-11-17-26-28(24-14-5-2-6-15-24)27-18-7-8-19-30(27,32-29(25)26)31-20-9-10-21-31/h1-6,12-15,22,27-28H,7-11,16-21H2/p+1/b25-22+/t27-,28-,30+/m1/s1. The first-order valence-electron chi connectivity index (χ1n) is 12.9. The predicted molar refractivity (Wildman–Crippen MR) is 130 cm³/mol. The number of nitrogens with one attached hydrogen (secondary N) is 1. The summed E-state index contributed by atoms with van der Waals surface area (Å²) in [5.41, 5.74) is 5.79.